The van der Waals surface area contributed by atoms with Gasteiger partial charge in [-0.3, -0.25) is 0 Å². The lowest BCUT2D eigenvalue weighted by molar-refractivity contribution is 0.281. The van der Waals surface area contributed by atoms with Crippen molar-refractivity contribution >= 4 is 31.9 Å². The van der Waals surface area contributed by atoms with Crippen LogP contribution in [0.5, 0.6) is 0 Å². The van der Waals surface area contributed by atoms with E-state index in [-0.39, 0.29) is 6.61 Å². The molecule has 0 aliphatic rings. The van der Waals surface area contributed by atoms with Gasteiger partial charge in [-0.15, -0.1) is 0 Å². The fraction of sp³-hybridized carbons (Fsp3) is 0.125. The minimum Gasteiger partial charge on any atom is -0.392 e. The molecule has 0 saturated carbocycles. The molecular formula is C8H5Br2NO. The molecular weight excluding hydrogens is 286 g/mol. The summed E-state index contributed by atoms with van der Waals surface area (Å²) in [7, 11) is 0. The van der Waals surface area contributed by atoms with Gasteiger partial charge in [0.25, 0.3) is 0 Å². The third kappa shape index (κ3) is 1.86. The molecule has 1 rings (SSSR count). The van der Waals surface area contributed by atoms with E-state index in [4.69, 9.17) is 10.4 Å². The summed E-state index contributed by atoms with van der Waals surface area (Å²) in [6, 6.07) is 5.49. The van der Waals surface area contributed by atoms with E-state index in [1.807, 2.05) is 6.07 Å². The molecule has 0 aliphatic heterocycles. The van der Waals surface area contributed by atoms with Crippen LogP contribution in [0.15, 0.2) is 21.1 Å². The zero-order chi connectivity index (χ0) is 9.14. The smallest absolute Gasteiger partial charge is 0.100 e. The van der Waals surface area contributed by atoms with Gasteiger partial charge in [0.05, 0.1) is 12.2 Å². The van der Waals surface area contributed by atoms with Gasteiger partial charge < -0.3 is 5.11 Å². The van der Waals surface area contributed by atoms with E-state index in [9.17, 15) is 0 Å². The molecule has 0 aromatic heterocycles. The van der Waals surface area contributed by atoms with Crippen LogP contribution in [0.4, 0.5) is 0 Å². The van der Waals surface area contributed by atoms with Crippen molar-refractivity contribution in [3.05, 3.63) is 32.2 Å². The molecule has 4 heteroatoms. The van der Waals surface area contributed by atoms with E-state index in [2.05, 4.69) is 31.9 Å². The summed E-state index contributed by atoms with van der Waals surface area (Å²) in [4.78, 5) is 0. The molecule has 0 fully saturated rings. The highest BCUT2D eigenvalue weighted by Gasteiger charge is 2.05. The van der Waals surface area contributed by atoms with Crippen molar-refractivity contribution in [2.24, 2.45) is 0 Å². The number of nitriles is 1. The highest BCUT2D eigenvalue weighted by Crippen LogP contribution is 2.25. The van der Waals surface area contributed by atoms with Gasteiger partial charge in [0.2, 0.25) is 0 Å². The maximum Gasteiger partial charge on any atom is 0.100 e. The van der Waals surface area contributed by atoms with E-state index < -0.39 is 0 Å². The molecule has 0 atom stereocenters. The quantitative estimate of drug-likeness (QED) is 0.864. The molecule has 0 aliphatic carbocycles. The molecule has 0 unspecified atom stereocenters. The Kier molecular flexibility index (Phi) is 3.27. The van der Waals surface area contributed by atoms with Crippen LogP contribution < -0.4 is 0 Å². The average molecular weight is 291 g/mol. The van der Waals surface area contributed by atoms with Crippen LogP contribution in [0.1, 0.15) is 11.1 Å². The van der Waals surface area contributed by atoms with Crippen LogP contribution >= 0.6 is 31.9 Å². The van der Waals surface area contributed by atoms with Crippen molar-refractivity contribution in [3.8, 4) is 6.07 Å². The predicted molar refractivity (Wildman–Crippen MR) is 52.5 cm³/mol. The second-order valence-electron chi connectivity index (χ2n) is 2.20. The molecule has 1 aromatic carbocycles. The molecule has 0 bridgehead atoms. The highest BCUT2D eigenvalue weighted by molar-refractivity contribution is 9.11. The largest absolute Gasteiger partial charge is 0.392 e. The topological polar surface area (TPSA) is 44.0 Å². The number of benzene rings is 1. The SMILES string of the molecule is N#Cc1cc(Br)cc(CO)c1Br. The van der Waals surface area contributed by atoms with Crippen molar-refractivity contribution in [1.29, 1.82) is 5.26 Å². The van der Waals surface area contributed by atoms with Crippen LogP contribution in [0.2, 0.25) is 0 Å². The number of hydrogen-bond donors (Lipinski definition) is 1. The molecule has 0 heterocycles. The van der Waals surface area contributed by atoms with E-state index in [0.29, 0.717) is 15.6 Å². The Morgan fingerprint density at radius 3 is 2.58 bits per heavy atom. The minimum atomic E-state index is -0.0747. The second kappa shape index (κ2) is 4.04. The Bertz CT molecular complexity index is 344. The Morgan fingerprint density at radius 2 is 2.08 bits per heavy atom. The number of aliphatic hydroxyl groups is 1. The molecule has 1 aromatic rings. The number of halogens is 2. The van der Waals surface area contributed by atoms with Gasteiger partial charge in [-0.1, -0.05) is 15.9 Å². The lowest BCUT2D eigenvalue weighted by Gasteiger charge is -2.02. The first-order valence-corrected chi connectivity index (χ1v) is 4.76. The van der Waals surface area contributed by atoms with Crippen LogP contribution in [-0.4, -0.2) is 5.11 Å². The Morgan fingerprint density at radius 1 is 1.42 bits per heavy atom. The summed E-state index contributed by atoms with van der Waals surface area (Å²) in [5.41, 5.74) is 1.23. The van der Waals surface area contributed by atoms with Crippen LogP contribution in [0.25, 0.3) is 0 Å². The monoisotopic (exact) mass is 289 g/mol. The van der Waals surface area contributed by atoms with Crippen LogP contribution in [0.3, 0.4) is 0 Å². The summed E-state index contributed by atoms with van der Waals surface area (Å²) < 4.78 is 1.46. The average Bonchev–Trinajstić information content (AvgIpc) is 2.08. The van der Waals surface area contributed by atoms with Crippen LogP contribution in [0, 0.1) is 11.3 Å². The molecule has 62 valence electrons. The molecule has 0 amide bonds. The zero-order valence-electron chi connectivity index (χ0n) is 6.01. The lowest BCUT2D eigenvalue weighted by Crippen LogP contribution is -1.88. The molecule has 1 N–H and O–H groups in total. The maximum atomic E-state index is 8.90. The van der Waals surface area contributed by atoms with Gasteiger partial charge in [-0.25, -0.2) is 0 Å². The molecule has 12 heavy (non-hydrogen) atoms. The van der Waals surface area contributed by atoms with E-state index >= 15 is 0 Å². The second-order valence-corrected chi connectivity index (χ2v) is 3.91. The van der Waals surface area contributed by atoms with Crippen molar-refractivity contribution in [1.82, 2.24) is 0 Å². The van der Waals surface area contributed by atoms with E-state index in [1.54, 1.807) is 12.1 Å². The molecule has 0 saturated heterocycles. The maximum absolute atomic E-state index is 8.90. The van der Waals surface area contributed by atoms with Gasteiger partial charge in [0.15, 0.2) is 0 Å². The summed E-state index contributed by atoms with van der Waals surface area (Å²) in [5, 5.41) is 17.6. The van der Waals surface area contributed by atoms with Gasteiger partial charge in [0.1, 0.15) is 6.07 Å². The van der Waals surface area contributed by atoms with Gasteiger partial charge in [0, 0.05) is 8.95 Å². The van der Waals surface area contributed by atoms with Crippen molar-refractivity contribution in [3.63, 3.8) is 0 Å². The fourth-order valence-corrected chi connectivity index (χ4v) is 1.79. The number of nitrogens with zero attached hydrogens (tertiary/aromatic N) is 1. The third-order valence-electron chi connectivity index (χ3n) is 1.40. The summed E-state index contributed by atoms with van der Waals surface area (Å²) in [6.45, 7) is -0.0747. The first-order valence-electron chi connectivity index (χ1n) is 3.18. The van der Waals surface area contributed by atoms with Crippen molar-refractivity contribution < 1.29 is 5.11 Å². The van der Waals surface area contributed by atoms with Crippen molar-refractivity contribution in [2.75, 3.05) is 0 Å². The van der Waals surface area contributed by atoms with Gasteiger partial charge >= 0.3 is 0 Å². The van der Waals surface area contributed by atoms with Crippen LogP contribution in [-0.2, 0) is 6.61 Å². The fourth-order valence-electron chi connectivity index (χ4n) is 0.842. The van der Waals surface area contributed by atoms with Gasteiger partial charge in [-0.05, 0) is 33.6 Å². The van der Waals surface area contributed by atoms with E-state index in [1.165, 1.54) is 0 Å². The molecule has 0 spiro atoms. The third-order valence-corrected chi connectivity index (χ3v) is 2.80. The zero-order valence-corrected chi connectivity index (χ0v) is 9.18. The lowest BCUT2D eigenvalue weighted by atomic mass is 10.1. The van der Waals surface area contributed by atoms with E-state index in [0.717, 1.165) is 4.47 Å². The predicted octanol–water partition coefficient (Wildman–Crippen LogP) is 2.58. The minimum absolute atomic E-state index is 0.0747. The standard InChI is InChI=1S/C8H5Br2NO/c9-7-1-5(3-11)8(10)6(2-7)4-12/h1-2,12H,4H2. The Labute approximate surface area is 87.1 Å². The highest BCUT2D eigenvalue weighted by atomic mass is 79.9. The van der Waals surface area contributed by atoms with Gasteiger partial charge in [-0.2, -0.15) is 5.26 Å². The first-order chi connectivity index (χ1) is 5.69. The normalized spacial score (nSPS) is 9.50. The summed E-state index contributed by atoms with van der Waals surface area (Å²) in [6.07, 6.45) is 0. The Balaban J connectivity index is 3.34. The molecule has 0 radical (unpaired) electrons. The molecule has 2 nitrogen and oxygen atoms in total. The summed E-state index contributed by atoms with van der Waals surface area (Å²) in [5.74, 6) is 0. The summed E-state index contributed by atoms with van der Waals surface area (Å²) >= 11 is 6.48. The number of aliphatic hydroxyl groups excluding tert-OH is 1. The Hall–Kier alpha value is -0.370. The first kappa shape index (κ1) is 9.72. The van der Waals surface area contributed by atoms with Crippen molar-refractivity contribution in [2.45, 2.75) is 6.61 Å². The number of rotatable bonds is 1. The number of hydrogen-bond acceptors (Lipinski definition) is 2.